The highest BCUT2D eigenvalue weighted by Crippen LogP contribution is 2.24. The van der Waals surface area contributed by atoms with Crippen molar-refractivity contribution >= 4 is 15.9 Å². The topological polar surface area (TPSA) is 55.9 Å². The second-order valence-electron chi connectivity index (χ2n) is 3.57. The van der Waals surface area contributed by atoms with Gasteiger partial charge in [0, 0.05) is 7.05 Å². The Labute approximate surface area is 102 Å². The summed E-state index contributed by atoms with van der Waals surface area (Å²) in [6, 6.07) is 2.00. The van der Waals surface area contributed by atoms with Crippen molar-refractivity contribution in [2.24, 2.45) is 7.05 Å². The molecule has 2 rings (SSSR count). The molecule has 2 aromatic heterocycles. The zero-order valence-electron chi connectivity index (χ0n) is 9.14. The van der Waals surface area contributed by atoms with Gasteiger partial charge in [-0.3, -0.25) is 4.68 Å². The molecule has 0 aliphatic rings. The van der Waals surface area contributed by atoms with Gasteiger partial charge in [-0.1, -0.05) is 0 Å². The van der Waals surface area contributed by atoms with Crippen LogP contribution in [-0.2, 0) is 13.6 Å². The van der Waals surface area contributed by atoms with Crippen molar-refractivity contribution in [1.82, 2.24) is 20.1 Å². The molecule has 5 nitrogen and oxygen atoms in total. The first-order valence-electron chi connectivity index (χ1n) is 4.97. The van der Waals surface area contributed by atoms with E-state index in [4.69, 9.17) is 4.42 Å². The largest absolute Gasteiger partial charge is 0.466 e. The summed E-state index contributed by atoms with van der Waals surface area (Å²) in [4.78, 5) is 4.14. The molecule has 0 amide bonds. The fourth-order valence-electron chi connectivity index (χ4n) is 1.42. The Bertz CT molecular complexity index is 465. The first-order valence-corrected chi connectivity index (χ1v) is 5.77. The second kappa shape index (κ2) is 4.80. The highest BCUT2D eigenvalue weighted by molar-refractivity contribution is 9.10. The van der Waals surface area contributed by atoms with Crippen molar-refractivity contribution in [3.8, 4) is 0 Å². The Morgan fingerprint density at radius 1 is 1.62 bits per heavy atom. The summed E-state index contributed by atoms with van der Waals surface area (Å²) in [6.07, 6.45) is 3.35. The van der Waals surface area contributed by atoms with Gasteiger partial charge >= 0.3 is 0 Å². The van der Waals surface area contributed by atoms with Gasteiger partial charge in [-0.25, -0.2) is 4.98 Å². The van der Waals surface area contributed by atoms with E-state index in [0.29, 0.717) is 6.54 Å². The maximum absolute atomic E-state index is 5.36. The van der Waals surface area contributed by atoms with Crippen LogP contribution < -0.4 is 5.32 Å². The number of furan rings is 1. The molecule has 1 atom stereocenters. The van der Waals surface area contributed by atoms with E-state index in [2.05, 4.69) is 31.3 Å². The molecule has 0 fully saturated rings. The predicted molar refractivity (Wildman–Crippen MR) is 62.7 cm³/mol. The molecule has 0 aliphatic carbocycles. The van der Waals surface area contributed by atoms with Crippen molar-refractivity contribution in [1.29, 1.82) is 0 Å². The van der Waals surface area contributed by atoms with Crippen LogP contribution in [0.2, 0.25) is 0 Å². The van der Waals surface area contributed by atoms with Crippen LogP contribution >= 0.6 is 15.9 Å². The van der Waals surface area contributed by atoms with Crippen LogP contribution in [0.1, 0.15) is 24.6 Å². The average molecular weight is 285 g/mol. The van der Waals surface area contributed by atoms with Crippen molar-refractivity contribution in [2.45, 2.75) is 19.5 Å². The third-order valence-electron chi connectivity index (χ3n) is 2.25. The maximum Gasteiger partial charge on any atom is 0.164 e. The normalized spacial score (nSPS) is 12.9. The Balaban J connectivity index is 1.93. The van der Waals surface area contributed by atoms with Crippen LogP contribution in [0.4, 0.5) is 0 Å². The van der Waals surface area contributed by atoms with Crippen molar-refractivity contribution in [2.75, 3.05) is 0 Å². The lowest BCUT2D eigenvalue weighted by Gasteiger charge is -2.09. The lowest BCUT2D eigenvalue weighted by molar-refractivity contribution is 0.424. The lowest BCUT2D eigenvalue weighted by atomic mass is 10.2. The van der Waals surface area contributed by atoms with E-state index >= 15 is 0 Å². The summed E-state index contributed by atoms with van der Waals surface area (Å²) in [7, 11) is 1.85. The third kappa shape index (κ3) is 2.51. The van der Waals surface area contributed by atoms with Crippen LogP contribution in [-0.4, -0.2) is 14.8 Å². The lowest BCUT2D eigenvalue weighted by Crippen LogP contribution is -2.18. The summed E-state index contributed by atoms with van der Waals surface area (Å²) in [6.45, 7) is 2.65. The van der Waals surface area contributed by atoms with Crippen LogP contribution in [0, 0.1) is 0 Å². The van der Waals surface area contributed by atoms with Crippen LogP contribution in [0.5, 0.6) is 0 Å². The standard InChI is InChI=1S/C10H13BrN4O/c1-7(10-8(11)3-4-16-10)12-5-9-13-6-15(2)14-9/h3-4,6-7,12H,5H2,1-2H3. The molecular weight excluding hydrogens is 272 g/mol. The number of halogens is 1. The van der Waals surface area contributed by atoms with E-state index in [1.165, 1.54) is 0 Å². The number of nitrogens with zero attached hydrogens (tertiary/aromatic N) is 3. The van der Waals surface area contributed by atoms with E-state index in [0.717, 1.165) is 16.1 Å². The molecule has 86 valence electrons. The Morgan fingerprint density at radius 2 is 2.44 bits per heavy atom. The number of rotatable bonds is 4. The Hall–Kier alpha value is -1.14. The van der Waals surface area contributed by atoms with Crippen molar-refractivity contribution in [3.63, 3.8) is 0 Å². The molecule has 0 radical (unpaired) electrons. The Kier molecular flexibility index (Phi) is 3.40. The van der Waals surface area contributed by atoms with E-state index in [1.807, 2.05) is 20.0 Å². The highest BCUT2D eigenvalue weighted by Gasteiger charge is 2.12. The van der Waals surface area contributed by atoms with E-state index in [1.54, 1.807) is 17.3 Å². The minimum atomic E-state index is 0.119. The molecule has 1 unspecified atom stereocenters. The molecule has 6 heteroatoms. The summed E-state index contributed by atoms with van der Waals surface area (Å²) in [5.41, 5.74) is 0. The third-order valence-corrected chi connectivity index (χ3v) is 2.91. The van der Waals surface area contributed by atoms with E-state index < -0.39 is 0 Å². The minimum absolute atomic E-state index is 0.119. The van der Waals surface area contributed by atoms with Gasteiger partial charge in [0.2, 0.25) is 0 Å². The summed E-state index contributed by atoms with van der Waals surface area (Å²) >= 11 is 3.43. The second-order valence-corrected chi connectivity index (χ2v) is 4.42. The number of nitrogens with one attached hydrogen (secondary N) is 1. The van der Waals surface area contributed by atoms with Gasteiger partial charge in [-0.2, -0.15) is 5.10 Å². The van der Waals surface area contributed by atoms with Crippen LogP contribution in [0.15, 0.2) is 27.5 Å². The molecule has 0 aliphatic heterocycles. The summed E-state index contributed by atoms with van der Waals surface area (Å²) in [5, 5.41) is 7.48. The zero-order chi connectivity index (χ0) is 11.5. The summed E-state index contributed by atoms with van der Waals surface area (Å²) in [5.74, 6) is 1.66. The molecule has 0 spiro atoms. The van der Waals surface area contributed by atoms with Gasteiger partial charge in [0.1, 0.15) is 12.1 Å². The molecule has 0 saturated carbocycles. The Morgan fingerprint density at radius 3 is 3.00 bits per heavy atom. The highest BCUT2D eigenvalue weighted by atomic mass is 79.9. The SMILES string of the molecule is CC(NCc1ncn(C)n1)c1occc1Br. The fourth-order valence-corrected chi connectivity index (χ4v) is 1.96. The fraction of sp³-hybridized carbons (Fsp3) is 0.400. The van der Waals surface area contributed by atoms with Gasteiger partial charge in [0.15, 0.2) is 5.82 Å². The smallest absolute Gasteiger partial charge is 0.164 e. The van der Waals surface area contributed by atoms with Gasteiger partial charge in [0.05, 0.1) is 23.3 Å². The van der Waals surface area contributed by atoms with Gasteiger partial charge in [-0.05, 0) is 28.9 Å². The van der Waals surface area contributed by atoms with Crippen LogP contribution in [0.25, 0.3) is 0 Å². The zero-order valence-corrected chi connectivity index (χ0v) is 10.7. The van der Waals surface area contributed by atoms with Gasteiger partial charge in [-0.15, -0.1) is 0 Å². The first-order chi connectivity index (χ1) is 7.66. The van der Waals surface area contributed by atoms with Gasteiger partial charge < -0.3 is 9.73 Å². The predicted octanol–water partition coefficient (Wildman–Crippen LogP) is 2.02. The monoisotopic (exact) mass is 284 g/mol. The molecule has 2 heterocycles. The van der Waals surface area contributed by atoms with E-state index in [-0.39, 0.29) is 6.04 Å². The first kappa shape index (κ1) is 11.3. The summed E-state index contributed by atoms with van der Waals surface area (Å²) < 4.78 is 8.02. The van der Waals surface area contributed by atoms with Crippen molar-refractivity contribution in [3.05, 3.63) is 34.7 Å². The maximum atomic E-state index is 5.36. The number of aryl methyl sites for hydroxylation is 1. The van der Waals surface area contributed by atoms with Crippen molar-refractivity contribution < 1.29 is 4.42 Å². The molecule has 1 N–H and O–H groups in total. The number of hydrogen-bond donors (Lipinski definition) is 1. The molecular formula is C10H13BrN4O. The van der Waals surface area contributed by atoms with E-state index in [9.17, 15) is 0 Å². The number of hydrogen-bond acceptors (Lipinski definition) is 4. The number of aromatic nitrogens is 3. The minimum Gasteiger partial charge on any atom is -0.466 e. The molecule has 0 saturated heterocycles. The molecule has 16 heavy (non-hydrogen) atoms. The molecule has 2 aromatic rings. The van der Waals surface area contributed by atoms with Gasteiger partial charge in [0.25, 0.3) is 0 Å². The quantitative estimate of drug-likeness (QED) is 0.933. The van der Waals surface area contributed by atoms with Crippen LogP contribution in [0.3, 0.4) is 0 Å². The average Bonchev–Trinajstić information content (AvgIpc) is 2.84. The molecule has 0 aromatic carbocycles. The molecule has 0 bridgehead atoms.